The van der Waals surface area contributed by atoms with Gasteiger partial charge in [-0.1, -0.05) is 12.8 Å². The highest BCUT2D eigenvalue weighted by Crippen LogP contribution is 2.27. The topological polar surface area (TPSA) is 108 Å². The maximum atomic E-state index is 13.8. The van der Waals surface area contributed by atoms with E-state index in [4.69, 9.17) is 14.2 Å². The zero-order valence-electron chi connectivity index (χ0n) is 17.7. The van der Waals surface area contributed by atoms with Gasteiger partial charge in [0.05, 0.1) is 19.8 Å². The van der Waals surface area contributed by atoms with Crippen LogP contribution >= 0.6 is 0 Å². The molecule has 1 saturated carbocycles. The van der Waals surface area contributed by atoms with E-state index in [-0.39, 0.29) is 33.6 Å². The van der Waals surface area contributed by atoms with Crippen molar-refractivity contribution in [1.82, 2.24) is 4.72 Å². The number of methoxy groups -OCH3 is 2. The first kappa shape index (κ1) is 23.7. The number of esters is 1. The Balaban J connectivity index is 1.73. The molecule has 0 saturated heterocycles. The van der Waals surface area contributed by atoms with Crippen molar-refractivity contribution in [3.8, 4) is 11.5 Å². The number of hydrogen-bond acceptors (Lipinski definition) is 7. The number of ketones is 1. The molecule has 0 aliphatic heterocycles. The fourth-order valence-corrected chi connectivity index (χ4v) is 4.98. The molecule has 8 nitrogen and oxygen atoms in total. The normalized spacial score (nSPS) is 14.2. The zero-order valence-corrected chi connectivity index (χ0v) is 18.5. The van der Waals surface area contributed by atoms with Crippen LogP contribution in [0.4, 0.5) is 4.39 Å². The summed E-state index contributed by atoms with van der Waals surface area (Å²) in [7, 11) is -1.30. The average molecular weight is 465 g/mol. The second-order valence-electron chi connectivity index (χ2n) is 7.32. The molecule has 0 radical (unpaired) electrons. The number of carbonyl (C=O) groups is 2. The molecule has 172 valence electrons. The van der Waals surface area contributed by atoms with Gasteiger partial charge in [0.2, 0.25) is 10.0 Å². The summed E-state index contributed by atoms with van der Waals surface area (Å²) < 4.78 is 57.1. The first-order chi connectivity index (χ1) is 15.2. The fourth-order valence-electron chi connectivity index (χ4n) is 3.48. The lowest BCUT2D eigenvalue weighted by molar-refractivity contribution is 0.0474. The number of rotatable bonds is 9. The van der Waals surface area contributed by atoms with E-state index in [2.05, 4.69) is 4.72 Å². The minimum absolute atomic E-state index is 0.00913. The first-order valence-corrected chi connectivity index (χ1v) is 11.5. The lowest BCUT2D eigenvalue weighted by atomic mass is 10.1. The molecule has 0 bridgehead atoms. The number of Topliss-reactive ketones (excluding diaryl/α,β-unsaturated/α-hetero) is 1. The largest absolute Gasteiger partial charge is 0.495 e. The number of sulfonamides is 1. The van der Waals surface area contributed by atoms with E-state index in [0.717, 1.165) is 37.8 Å². The maximum Gasteiger partial charge on any atom is 0.338 e. The summed E-state index contributed by atoms with van der Waals surface area (Å²) in [4.78, 5) is 24.5. The van der Waals surface area contributed by atoms with Crippen molar-refractivity contribution in [3.63, 3.8) is 0 Å². The summed E-state index contributed by atoms with van der Waals surface area (Å²) in [5.74, 6) is -2.17. The van der Waals surface area contributed by atoms with E-state index in [1.54, 1.807) is 0 Å². The van der Waals surface area contributed by atoms with Crippen LogP contribution < -0.4 is 14.2 Å². The van der Waals surface area contributed by atoms with Crippen molar-refractivity contribution in [3.05, 3.63) is 53.3 Å². The molecular formula is C22H24FNO7S. The van der Waals surface area contributed by atoms with Gasteiger partial charge < -0.3 is 14.2 Å². The molecule has 0 heterocycles. The molecule has 1 N–H and O–H groups in total. The molecule has 1 aliphatic carbocycles. The summed E-state index contributed by atoms with van der Waals surface area (Å²) in [6.45, 7) is -0.640. The highest BCUT2D eigenvalue weighted by Gasteiger charge is 2.27. The van der Waals surface area contributed by atoms with Crippen molar-refractivity contribution >= 4 is 21.8 Å². The second kappa shape index (κ2) is 10.1. The van der Waals surface area contributed by atoms with E-state index in [1.807, 2.05) is 0 Å². The van der Waals surface area contributed by atoms with Gasteiger partial charge >= 0.3 is 5.97 Å². The zero-order chi connectivity index (χ0) is 23.3. The number of hydrogen-bond donors (Lipinski definition) is 1. The van der Waals surface area contributed by atoms with Gasteiger partial charge in [0, 0.05) is 11.6 Å². The second-order valence-corrected chi connectivity index (χ2v) is 9.00. The van der Waals surface area contributed by atoms with Crippen molar-refractivity contribution in [1.29, 1.82) is 0 Å². The van der Waals surface area contributed by atoms with Crippen LogP contribution in [-0.4, -0.2) is 47.0 Å². The lowest BCUT2D eigenvalue weighted by Crippen LogP contribution is -2.33. The molecule has 0 unspecified atom stereocenters. The van der Waals surface area contributed by atoms with Gasteiger partial charge in [-0.3, -0.25) is 4.79 Å². The third kappa shape index (κ3) is 5.43. The lowest BCUT2D eigenvalue weighted by Gasteiger charge is -2.15. The van der Waals surface area contributed by atoms with E-state index in [1.165, 1.54) is 38.5 Å². The fraction of sp³-hybridized carbons (Fsp3) is 0.364. The van der Waals surface area contributed by atoms with Crippen molar-refractivity contribution in [2.24, 2.45) is 0 Å². The number of ether oxygens (including phenoxy) is 3. The van der Waals surface area contributed by atoms with E-state index in [0.29, 0.717) is 0 Å². The highest BCUT2D eigenvalue weighted by atomic mass is 32.2. The van der Waals surface area contributed by atoms with Crippen LogP contribution in [0.25, 0.3) is 0 Å². The predicted molar refractivity (Wildman–Crippen MR) is 113 cm³/mol. The molecule has 1 fully saturated rings. The molecule has 1 aliphatic rings. The van der Waals surface area contributed by atoms with Crippen molar-refractivity contribution < 1.29 is 36.6 Å². The van der Waals surface area contributed by atoms with Crippen LogP contribution in [0.1, 0.15) is 46.4 Å². The van der Waals surface area contributed by atoms with Gasteiger partial charge in [0.25, 0.3) is 0 Å². The van der Waals surface area contributed by atoms with Gasteiger partial charge in [-0.2, -0.15) is 0 Å². The van der Waals surface area contributed by atoms with Crippen LogP contribution in [0.5, 0.6) is 11.5 Å². The van der Waals surface area contributed by atoms with Gasteiger partial charge in [-0.25, -0.2) is 22.3 Å². The minimum atomic E-state index is -3.93. The highest BCUT2D eigenvalue weighted by molar-refractivity contribution is 7.89. The van der Waals surface area contributed by atoms with Crippen LogP contribution in [0, 0.1) is 5.82 Å². The predicted octanol–water partition coefficient (Wildman–Crippen LogP) is 3.10. The number of nitrogens with one attached hydrogen (secondary N) is 1. The monoisotopic (exact) mass is 465 g/mol. The Morgan fingerprint density at radius 2 is 1.62 bits per heavy atom. The molecule has 0 aromatic heterocycles. The third-order valence-electron chi connectivity index (χ3n) is 5.17. The van der Waals surface area contributed by atoms with Crippen LogP contribution in [0.2, 0.25) is 0 Å². The Hall–Kier alpha value is -2.98. The summed E-state index contributed by atoms with van der Waals surface area (Å²) in [5.41, 5.74) is -0.0545. The van der Waals surface area contributed by atoms with Crippen LogP contribution in [0.3, 0.4) is 0 Å². The smallest absolute Gasteiger partial charge is 0.338 e. The van der Waals surface area contributed by atoms with Crippen LogP contribution in [0.15, 0.2) is 41.3 Å². The van der Waals surface area contributed by atoms with Crippen molar-refractivity contribution in [2.75, 3.05) is 20.8 Å². The molecule has 32 heavy (non-hydrogen) atoms. The molecule has 10 heteroatoms. The molecule has 0 amide bonds. The summed E-state index contributed by atoms with van der Waals surface area (Å²) >= 11 is 0. The van der Waals surface area contributed by atoms with E-state index in [9.17, 15) is 22.4 Å². The number of benzene rings is 2. The standard InChI is InChI=1S/C22H24FNO7S/c1-29-19-9-7-14(11-17(19)23)18(25)13-31-22(26)15-8-10-20(30-2)21(12-15)32(27,28)24-16-5-3-4-6-16/h7-12,16,24H,3-6,13H2,1-2H3. The summed E-state index contributed by atoms with van der Waals surface area (Å²) in [6, 6.07) is 7.31. The molecule has 2 aromatic carbocycles. The minimum Gasteiger partial charge on any atom is -0.495 e. The SMILES string of the molecule is COc1ccc(C(=O)COC(=O)c2ccc(OC)c(S(=O)(=O)NC3CCCC3)c2)cc1F. The maximum absolute atomic E-state index is 13.8. The van der Waals surface area contributed by atoms with Gasteiger partial charge in [-0.15, -0.1) is 0 Å². The summed E-state index contributed by atoms with van der Waals surface area (Å²) in [6.07, 6.45) is 3.39. The van der Waals surface area contributed by atoms with Gasteiger partial charge in [0.1, 0.15) is 10.6 Å². The Kier molecular flexibility index (Phi) is 7.47. The molecular weight excluding hydrogens is 441 g/mol. The Morgan fingerprint density at radius 3 is 2.25 bits per heavy atom. The molecule has 2 aromatic rings. The van der Waals surface area contributed by atoms with E-state index < -0.39 is 34.2 Å². The van der Waals surface area contributed by atoms with Gasteiger partial charge in [0.15, 0.2) is 24.0 Å². The average Bonchev–Trinajstić information content (AvgIpc) is 3.29. The van der Waals surface area contributed by atoms with E-state index >= 15 is 0 Å². The summed E-state index contributed by atoms with van der Waals surface area (Å²) in [5, 5.41) is 0. The molecule has 0 spiro atoms. The number of halogens is 1. The molecule has 3 rings (SSSR count). The Morgan fingerprint density at radius 1 is 1.00 bits per heavy atom. The Labute approximate surface area is 185 Å². The van der Waals surface area contributed by atoms with Gasteiger partial charge in [-0.05, 0) is 49.2 Å². The number of carbonyl (C=O) groups excluding carboxylic acids is 2. The van der Waals surface area contributed by atoms with Crippen molar-refractivity contribution in [2.45, 2.75) is 36.6 Å². The first-order valence-electron chi connectivity index (χ1n) is 9.99. The molecule has 0 atom stereocenters. The Bertz CT molecular complexity index is 1110. The quantitative estimate of drug-likeness (QED) is 0.448. The third-order valence-corrected chi connectivity index (χ3v) is 6.72. The van der Waals surface area contributed by atoms with Crippen LogP contribution in [-0.2, 0) is 14.8 Å².